The van der Waals surface area contributed by atoms with Gasteiger partial charge in [-0.05, 0) is 12.1 Å². The number of esters is 1. The number of benzene rings is 1. The maximum atomic E-state index is 10.6. The fraction of sp³-hybridized carbons (Fsp3) is 0. The van der Waals surface area contributed by atoms with Gasteiger partial charge in [-0.2, -0.15) is 4.98 Å². The Morgan fingerprint density at radius 1 is 1.43 bits per heavy atom. The van der Waals surface area contributed by atoms with Crippen LogP contribution in [-0.4, -0.2) is 22.2 Å². The molecule has 5 heteroatoms. The van der Waals surface area contributed by atoms with E-state index in [1.807, 2.05) is 12.1 Å². The molecule has 1 N–H and O–H groups in total. The van der Waals surface area contributed by atoms with Gasteiger partial charge in [0.15, 0.2) is 0 Å². The van der Waals surface area contributed by atoms with Gasteiger partial charge in [0, 0.05) is 0 Å². The molecule has 0 spiro atoms. The molecule has 5 nitrogen and oxygen atoms in total. The Balaban J connectivity index is 2.35. The summed E-state index contributed by atoms with van der Waals surface area (Å²) < 4.78 is 4.57. The molecule has 2 aromatic rings. The van der Waals surface area contributed by atoms with E-state index in [-0.39, 0.29) is 12.3 Å². The number of carbonyl (C=O) groups is 2. The summed E-state index contributed by atoms with van der Waals surface area (Å²) in [4.78, 5) is 27.3. The number of rotatable bonds is 2. The highest BCUT2D eigenvalue weighted by Crippen LogP contribution is 2.14. The lowest BCUT2D eigenvalue weighted by Crippen LogP contribution is -2.09. The van der Waals surface area contributed by atoms with Crippen molar-refractivity contribution in [3.63, 3.8) is 0 Å². The average Bonchev–Trinajstić information content (AvgIpc) is 2.59. The van der Waals surface area contributed by atoms with E-state index in [9.17, 15) is 9.59 Å². The van der Waals surface area contributed by atoms with Crippen molar-refractivity contribution >= 4 is 23.3 Å². The molecule has 70 valence electrons. The predicted molar refractivity (Wildman–Crippen MR) is 47.8 cm³/mol. The van der Waals surface area contributed by atoms with E-state index in [1.165, 1.54) is 0 Å². The Kier molecular flexibility index (Phi) is 1.98. The number of aromatic amines is 1. The first-order valence-corrected chi connectivity index (χ1v) is 3.91. The lowest BCUT2D eigenvalue weighted by molar-refractivity contribution is -0.141. The summed E-state index contributed by atoms with van der Waals surface area (Å²) in [6.45, 7) is 0. The number of carbonyl (C=O) groups excluding carboxylic acids is 2. The normalized spacial score (nSPS) is 10.0. The summed E-state index contributed by atoms with van der Waals surface area (Å²) in [7, 11) is 0. The van der Waals surface area contributed by atoms with Gasteiger partial charge in [-0.1, -0.05) is 12.1 Å². The topological polar surface area (TPSA) is 72.1 Å². The molecule has 1 aromatic carbocycles. The highest BCUT2D eigenvalue weighted by molar-refractivity contribution is 6.21. The maximum Gasteiger partial charge on any atom is 0.379 e. The van der Waals surface area contributed by atoms with E-state index in [1.54, 1.807) is 12.1 Å². The number of nitrogens with zero attached hydrogens (tertiary/aromatic N) is 1. The average molecular weight is 190 g/mol. The summed E-state index contributed by atoms with van der Waals surface area (Å²) in [5.74, 6) is -0.968. The molecule has 0 atom stereocenters. The van der Waals surface area contributed by atoms with Crippen LogP contribution in [0.15, 0.2) is 24.3 Å². The highest BCUT2D eigenvalue weighted by Gasteiger charge is 2.06. The molecule has 0 saturated carbocycles. The minimum atomic E-state index is -0.968. The smallest absolute Gasteiger partial charge is 0.379 e. The van der Waals surface area contributed by atoms with Gasteiger partial charge >= 0.3 is 12.0 Å². The Morgan fingerprint density at radius 3 is 2.93 bits per heavy atom. The molecule has 0 aliphatic heterocycles. The van der Waals surface area contributed by atoms with Crippen LogP contribution in [0.2, 0.25) is 0 Å². The highest BCUT2D eigenvalue weighted by atomic mass is 16.6. The fourth-order valence-corrected chi connectivity index (χ4v) is 1.10. The largest absolute Gasteiger partial charge is 0.387 e. The Morgan fingerprint density at radius 2 is 2.21 bits per heavy atom. The second kappa shape index (κ2) is 3.29. The SMILES string of the molecule is O=CC(=O)Oc1nc2ccccc2[nH]1. The Hall–Kier alpha value is -2.17. The van der Waals surface area contributed by atoms with E-state index in [0.717, 1.165) is 5.52 Å². The summed E-state index contributed by atoms with van der Waals surface area (Å²) in [5.41, 5.74) is 1.43. The van der Waals surface area contributed by atoms with E-state index in [2.05, 4.69) is 14.7 Å². The van der Waals surface area contributed by atoms with Gasteiger partial charge in [0.2, 0.25) is 6.29 Å². The molecule has 0 unspecified atom stereocenters. The number of ether oxygens (including phenoxy) is 1. The molecule has 0 fully saturated rings. The Labute approximate surface area is 78.7 Å². The van der Waals surface area contributed by atoms with E-state index in [4.69, 9.17) is 0 Å². The zero-order chi connectivity index (χ0) is 9.97. The number of nitrogens with one attached hydrogen (secondary N) is 1. The molecular weight excluding hydrogens is 184 g/mol. The van der Waals surface area contributed by atoms with E-state index < -0.39 is 5.97 Å². The van der Waals surface area contributed by atoms with E-state index >= 15 is 0 Å². The third-order valence-electron chi connectivity index (χ3n) is 1.66. The van der Waals surface area contributed by atoms with Crippen LogP contribution in [-0.2, 0) is 9.59 Å². The quantitative estimate of drug-likeness (QED) is 0.429. The van der Waals surface area contributed by atoms with Crippen molar-refractivity contribution in [1.29, 1.82) is 0 Å². The number of aromatic nitrogens is 2. The zero-order valence-electron chi connectivity index (χ0n) is 7.06. The minimum Gasteiger partial charge on any atom is -0.387 e. The second-order valence-electron chi connectivity index (χ2n) is 2.60. The van der Waals surface area contributed by atoms with Gasteiger partial charge in [-0.15, -0.1) is 0 Å². The van der Waals surface area contributed by atoms with Crippen LogP contribution in [0.4, 0.5) is 0 Å². The number of hydrogen-bond donors (Lipinski definition) is 1. The van der Waals surface area contributed by atoms with Crippen molar-refractivity contribution < 1.29 is 14.3 Å². The van der Waals surface area contributed by atoms with Crippen LogP contribution in [0.1, 0.15) is 0 Å². The van der Waals surface area contributed by atoms with Crippen molar-refractivity contribution in [2.45, 2.75) is 0 Å². The van der Waals surface area contributed by atoms with Gasteiger partial charge in [0.05, 0.1) is 11.0 Å². The van der Waals surface area contributed by atoms with Crippen molar-refractivity contribution in [3.8, 4) is 6.01 Å². The molecule has 1 aromatic heterocycles. The summed E-state index contributed by atoms with van der Waals surface area (Å²) in [6.07, 6.45) is 0.0905. The van der Waals surface area contributed by atoms with Gasteiger partial charge in [-0.3, -0.25) is 4.79 Å². The number of aldehydes is 1. The van der Waals surface area contributed by atoms with E-state index in [0.29, 0.717) is 5.52 Å². The molecule has 0 aliphatic carbocycles. The molecule has 0 saturated heterocycles. The van der Waals surface area contributed by atoms with Crippen LogP contribution in [0.3, 0.4) is 0 Å². The predicted octanol–water partition coefficient (Wildman–Crippen LogP) is 0.667. The van der Waals surface area contributed by atoms with Crippen LogP contribution in [0, 0.1) is 0 Å². The summed E-state index contributed by atoms with van der Waals surface area (Å²) in [6, 6.07) is 7.23. The first kappa shape index (κ1) is 8.43. The zero-order valence-corrected chi connectivity index (χ0v) is 7.06. The summed E-state index contributed by atoms with van der Waals surface area (Å²) >= 11 is 0. The van der Waals surface area contributed by atoms with Crippen LogP contribution >= 0.6 is 0 Å². The number of hydrogen-bond acceptors (Lipinski definition) is 4. The van der Waals surface area contributed by atoms with Crippen molar-refractivity contribution in [1.82, 2.24) is 9.97 Å². The molecule has 14 heavy (non-hydrogen) atoms. The van der Waals surface area contributed by atoms with Crippen LogP contribution in [0.5, 0.6) is 6.01 Å². The van der Waals surface area contributed by atoms with Gasteiger partial charge in [0.1, 0.15) is 0 Å². The molecular formula is C9H6N2O3. The number of imidazole rings is 1. The van der Waals surface area contributed by atoms with Crippen molar-refractivity contribution in [2.24, 2.45) is 0 Å². The minimum absolute atomic E-state index is 0.0308. The molecule has 2 rings (SSSR count). The second-order valence-corrected chi connectivity index (χ2v) is 2.60. The Bertz CT molecular complexity index is 457. The van der Waals surface area contributed by atoms with Gasteiger partial charge in [0.25, 0.3) is 0 Å². The van der Waals surface area contributed by atoms with Crippen molar-refractivity contribution in [2.75, 3.05) is 0 Å². The maximum absolute atomic E-state index is 10.6. The molecule has 0 amide bonds. The molecule has 0 radical (unpaired) electrons. The number of para-hydroxylation sites is 2. The summed E-state index contributed by atoms with van der Waals surface area (Å²) in [5, 5.41) is 0. The third kappa shape index (κ3) is 1.47. The van der Waals surface area contributed by atoms with Crippen LogP contribution in [0.25, 0.3) is 11.0 Å². The third-order valence-corrected chi connectivity index (χ3v) is 1.66. The molecule has 1 heterocycles. The first-order chi connectivity index (χ1) is 6.79. The first-order valence-electron chi connectivity index (χ1n) is 3.91. The number of fused-ring (bicyclic) bond motifs is 1. The standard InChI is InChI=1S/C9H6N2O3/c12-5-8(13)14-9-10-6-3-1-2-4-7(6)11-9/h1-5H,(H,10,11). The molecule has 0 bridgehead atoms. The lowest BCUT2D eigenvalue weighted by atomic mass is 10.3. The van der Waals surface area contributed by atoms with Gasteiger partial charge in [-0.25, -0.2) is 4.79 Å². The monoisotopic (exact) mass is 190 g/mol. The molecule has 0 aliphatic rings. The number of H-pyrrole nitrogens is 1. The fourth-order valence-electron chi connectivity index (χ4n) is 1.10. The van der Waals surface area contributed by atoms with Crippen molar-refractivity contribution in [3.05, 3.63) is 24.3 Å². The van der Waals surface area contributed by atoms with Gasteiger partial charge < -0.3 is 9.72 Å². The lowest BCUT2D eigenvalue weighted by Gasteiger charge is -1.90. The van der Waals surface area contributed by atoms with Crippen LogP contribution < -0.4 is 4.74 Å².